The first-order valence-electron chi connectivity index (χ1n) is 8.68. The van der Waals surface area contributed by atoms with E-state index in [1.54, 1.807) is 36.4 Å². The first-order chi connectivity index (χ1) is 13.5. The van der Waals surface area contributed by atoms with Gasteiger partial charge in [0, 0.05) is 56.1 Å². The molecule has 0 bridgehead atoms. The number of ether oxygens (including phenoxy) is 1. The highest BCUT2D eigenvalue weighted by atomic mass is 35.5. The molecule has 148 valence electrons. The van der Waals surface area contributed by atoms with Gasteiger partial charge in [0.1, 0.15) is 5.69 Å². The molecule has 0 radical (unpaired) electrons. The van der Waals surface area contributed by atoms with Crippen LogP contribution in [0.15, 0.2) is 36.5 Å². The van der Waals surface area contributed by atoms with Crippen molar-refractivity contribution in [3.8, 4) is 5.88 Å². The molecular formula is C18H20ClN5O4. The Kier molecular flexibility index (Phi) is 6.15. The molecule has 0 atom stereocenters. The predicted octanol–water partition coefficient (Wildman–Crippen LogP) is 2.68. The smallest absolute Gasteiger partial charge is 0.317 e. The van der Waals surface area contributed by atoms with Crippen molar-refractivity contribution >= 4 is 29.0 Å². The monoisotopic (exact) mass is 405 g/mol. The predicted molar refractivity (Wildman–Crippen MR) is 105 cm³/mol. The van der Waals surface area contributed by atoms with E-state index in [0.29, 0.717) is 49.3 Å². The number of anilines is 1. The number of hydrogen-bond donors (Lipinski definition) is 1. The zero-order chi connectivity index (χ0) is 20.1. The summed E-state index contributed by atoms with van der Waals surface area (Å²) in [6.07, 6.45) is 1.65. The number of piperazine rings is 1. The minimum absolute atomic E-state index is 0.0302. The van der Waals surface area contributed by atoms with Gasteiger partial charge in [0.05, 0.1) is 12.0 Å². The van der Waals surface area contributed by atoms with E-state index >= 15 is 0 Å². The number of methoxy groups -OCH3 is 1. The highest BCUT2D eigenvalue weighted by Crippen LogP contribution is 2.31. The molecule has 28 heavy (non-hydrogen) atoms. The molecule has 1 aliphatic heterocycles. The summed E-state index contributed by atoms with van der Waals surface area (Å²) < 4.78 is 5.01. The van der Waals surface area contributed by atoms with Gasteiger partial charge in [0.15, 0.2) is 0 Å². The Balaban J connectivity index is 1.55. The fourth-order valence-electron chi connectivity index (χ4n) is 2.99. The lowest BCUT2D eigenvalue weighted by Gasteiger charge is -2.35. The molecule has 1 aromatic carbocycles. The number of benzene rings is 1. The van der Waals surface area contributed by atoms with Gasteiger partial charge in [-0.1, -0.05) is 17.7 Å². The van der Waals surface area contributed by atoms with Crippen LogP contribution in [0.3, 0.4) is 0 Å². The van der Waals surface area contributed by atoms with Crippen molar-refractivity contribution in [2.75, 3.05) is 38.2 Å². The maximum atomic E-state index is 12.4. The second kappa shape index (κ2) is 8.75. The van der Waals surface area contributed by atoms with E-state index < -0.39 is 4.92 Å². The lowest BCUT2D eigenvalue weighted by Crippen LogP contribution is -2.51. The number of halogens is 1. The second-order valence-corrected chi connectivity index (χ2v) is 6.67. The molecule has 1 N–H and O–H groups in total. The lowest BCUT2D eigenvalue weighted by molar-refractivity contribution is -0.384. The number of rotatable bonds is 5. The van der Waals surface area contributed by atoms with Gasteiger partial charge in [-0.15, -0.1) is 0 Å². The van der Waals surface area contributed by atoms with Crippen LogP contribution in [0.25, 0.3) is 0 Å². The van der Waals surface area contributed by atoms with Crippen LogP contribution in [0.4, 0.5) is 16.2 Å². The van der Waals surface area contributed by atoms with E-state index in [-0.39, 0.29) is 11.7 Å². The van der Waals surface area contributed by atoms with E-state index in [1.807, 2.05) is 11.0 Å². The minimum Gasteiger partial charge on any atom is -0.481 e. The van der Waals surface area contributed by atoms with Crippen molar-refractivity contribution in [3.63, 3.8) is 0 Å². The van der Waals surface area contributed by atoms with E-state index in [2.05, 4.69) is 10.3 Å². The van der Waals surface area contributed by atoms with Gasteiger partial charge in [-0.05, 0) is 17.7 Å². The average Bonchev–Trinajstić information content (AvgIpc) is 2.72. The Hall–Kier alpha value is -3.07. The van der Waals surface area contributed by atoms with Gasteiger partial charge in [0.25, 0.3) is 5.69 Å². The summed E-state index contributed by atoms with van der Waals surface area (Å²) in [7, 11) is 1.54. The number of nitro benzene ring substituents is 1. The summed E-state index contributed by atoms with van der Waals surface area (Å²) in [5.41, 5.74) is 1.35. The van der Waals surface area contributed by atoms with E-state index in [0.717, 1.165) is 5.56 Å². The van der Waals surface area contributed by atoms with Crippen molar-refractivity contribution in [1.82, 2.24) is 15.2 Å². The van der Waals surface area contributed by atoms with Crippen molar-refractivity contribution < 1.29 is 14.5 Å². The van der Waals surface area contributed by atoms with Crippen LogP contribution in [0.1, 0.15) is 5.56 Å². The molecule has 1 aromatic heterocycles. The molecular weight excluding hydrogens is 386 g/mol. The summed E-state index contributed by atoms with van der Waals surface area (Å²) in [6, 6.07) is 8.02. The van der Waals surface area contributed by atoms with Crippen LogP contribution >= 0.6 is 11.6 Å². The van der Waals surface area contributed by atoms with Crippen LogP contribution < -0.4 is 15.0 Å². The number of pyridine rings is 1. The first kappa shape index (κ1) is 19.7. The fourth-order valence-corrected chi connectivity index (χ4v) is 3.15. The number of hydrogen-bond acceptors (Lipinski definition) is 6. The Bertz CT molecular complexity index is 854. The SMILES string of the molecule is COc1ccc(CNC(=O)N2CCN(c3ccc(Cl)cc3[N+](=O)[O-])CC2)cn1. The van der Waals surface area contributed by atoms with E-state index in [1.165, 1.54) is 6.07 Å². The largest absolute Gasteiger partial charge is 0.481 e. The molecule has 1 aliphatic rings. The van der Waals surface area contributed by atoms with E-state index in [4.69, 9.17) is 16.3 Å². The molecule has 0 spiro atoms. The van der Waals surface area contributed by atoms with Crippen LogP contribution in [0, 0.1) is 10.1 Å². The normalized spacial score (nSPS) is 13.9. The number of carbonyl (C=O) groups is 1. The topological polar surface area (TPSA) is 101 Å². The molecule has 1 fully saturated rings. The molecule has 0 saturated carbocycles. The summed E-state index contributed by atoms with van der Waals surface area (Å²) >= 11 is 5.87. The maximum absolute atomic E-state index is 12.4. The van der Waals surface area contributed by atoms with Crippen LogP contribution in [0.5, 0.6) is 5.88 Å². The van der Waals surface area contributed by atoms with Gasteiger partial charge < -0.3 is 19.9 Å². The van der Waals surface area contributed by atoms with Crippen molar-refractivity contribution in [2.45, 2.75) is 6.54 Å². The molecule has 2 aromatic rings. The van der Waals surface area contributed by atoms with Crippen molar-refractivity contribution in [2.24, 2.45) is 0 Å². The average molecular weight is 406 g/mol. The lowest BCUT2D eigenvalue weighted by atomic mass is 10.2. The Morgan fingerprint density at radius 2 is 2.04 bits per heavy atom. The zero-order valence-corrected chi connectivity index (χ0v) is 16.1. The third-order valence-electron chi connectivity index (χ3n) is 4.49. The van der Waals surface area contributed by atoms with E-state index in [9.17, 15) is 14.9 Å². The number of carbonyl (C=O) groups excluding carboxylic acids is 1. The number of urea groups is 1. The summed E-state index contributed by atoms with van der Waals surface area (Å²) in [6.45, 7) is 2.29. The number of nitrogens with zero attached hydrogens (tertiary/aromatic N) is 4. The highest BCUT2D eigenvalue weighted by molar-refractivity contribution is 6.30. The molecule has 0 aliphatic carbocycles. The van der Waals surface area contributed by atoms with Crippen molar-refractivity contribution in [1.29, 1.82) is 0 Å². The van der Waals surface area contributed by atoms with Gasteiger partial charge in [-0.2, -0.15) is 0 Å². The van der Waals surface area contributed by atoms with Crippen LogP contribution in [0.2, 0.25) is 5.02 Å². The molecule has 9 nitrogen and oxygen atoms in total. The Morgan fingerprint density at radius 3 is 2.64 bits per heavy atom. The number of aromatic nitrogens is 1. The number of amides is 2. The van der Waals surface area contributed by atoms with Gasteiger partial charge in [0.2, 0.25) is 5.88 Å². The number of nitrogens with one attached hydrogen (secondary N) is 1. The molecule has 2 heterocycles. The highest BCUT2D eigenvalue weighted by Gasteiger charge is 2.25. The Morgan fingerprint density at radius 1 is 1.29 bits per heavy atom. The first-order valence-corrected chi connectivity index (χ1v) is 9.06. The van der Waals surface area contributed by atoms with Crippen LogP contribution in [-0.2, 0) is 6.54 Å². The Labute approximate surface area is 167 Å². The summed E-state index contributed by atoms with van der Waals surface area (Å²) in [4.78, 5) is 30.9. The maximum Gasteiger partial charge on any atom is 0.317 e. The summed E-state index contributed by atoms with van der Waals surface area (Å²) in [5.74, 6) is 0.516. The second-order valence-electron chi connectivity index (χ2n) is 6.23. The van der Waals surface area contributed by atoms with Crippen LogP contribution in [-0.4, -0.2) is 54.1 Å². The standard InChI is InChI=1S/C18H20ClN5O4/c1-28-17-5-2-13(11-20-17)12-21-18(25)23-8-6-22(7-9-23)15-4-3-14(19)10-16(15)24(26)27/h2-5,10-11H,6-9,12H2,1H3,(H,21,25). The summed E-state index contributed by atoms with van der Waals surface area (Å²) in [5, 5.41) is 14.5. The molecule has 1 saturated heterocycles. The third-order valence-corrected chi connectivity index (χ3v) is 4.73. The third kappa shape index (κ3) is 4.61. The molecule has 10 heteroatoms. The number of nitro groups is 1. The molecule has 3 rings (SSSR count). The quantitative estimate of drug-likeness (QED) is 0.606. The minimum atomic E-state index is -0.441. The van der Waals surface area contributed by atoms with Crippen molar-refractivity contribution in [3.05, 3.63) is 57.2 Å². The van der Waals surface area contributed by atoms with Gasteiger partial charge in [-0.25, -0.2) is 9.78 Å². The fraction of sp³-hybridized carbons (Fsp3) is 0.333. The van der Waals surface area contributed by atoms with Gasteiger partial charge >= 0.3 is 6.03 Å². The molecule has 0 unspecified atom stereocenters. The molecule has 2 amide bonds. The zero-order valence-electron chi connectivity index (χ0n) is 15.3. The van der Waals surface area contributed by atoms with Gasteiger partial charge in [-0.3, -0.25) is 10.1 Å².